The van der Waals surface area contributed by atoms with Crippen LogP contribution in [-0.2, 0) is 16.8 Å². The van der Waals surface area contributed by atoms with E-state index in [0.717, 1.165) is 0 Å². The molecule has 0 saturated heterocycles. The molecule has 124 valence electrons. The standard InChI is InChI=1S/C15H12F2N4O2S/c16-14(17)12-6-13(11-4-2-1-3-5-11)21(20-12)15-18-7-10(8-19-15)9-24(22)23/h1-8,14H,9H2,(H,22,23)/p-1. The number of hydrogen-bond donors (Lipinski definition) is 0. The molecular formula is C15H11F2N4O2S-. The van der Waals surface area contributed by atoms with E-state index in [2.05, 4.69) is 15.1 Å². The highest BCUT2D eigenvalue weighted by Gasteiger charge is 2.18. The van der Waals surface area contributed by atoms with Crippen LogP contribution in [0.1, 0.15) is 17.7 Å². The summed E-state index contributed by atoms with van der Waals surface area (Å²) in [6.45, 7) is 0. The summed E-state index contributed by atoms with van der Waals surface area (Å²) < 4.78 is 48.6. The van der Waals surface area contributed by atoms with Gasteiger partial charge in [-0.2, -0.15) is 9.78 Å². The molecule has 3 aromatic rings. The van der Waals surface area contributed by atoms with Gasteiger partial charge in [0.15, 0.2) is 0 Å². The fourth-order valence-corrected chi connectivity index (χ4v) is 2.56. The minimum absolute atomic E-state index is 0.0844. The molecule has 1 unspecified atom stereocenters. The van der Waals surface area contributed by atoms with Gasteiger partial charge >= 0.3 is 0 Å². The van der Waals surface area contributed by atoms with Crippen molar-refractivity contribution in [1.82, 2.24) is 19.7 Å². The topological polar surface area (TPSA) is 83.7 Å². The number of aromatic nitrogens is 4. The van der Waals surface area contributed by atoms with Crippen LogP contribution in [0, 0.1) is 0 Å². The number of nitrogens with zero attached hydrogens (tertiary/aromatic N) is 4. The van der Waals surface area contributed by atoms with Crippen LogP contribution in [0.4, 0.5) is 8.78 Å². The van der Waals surface area contributed by atoms with E-state index < -0.39 is 17.5 Å². The van der Waals surface area contributed by atoms with Crippen molar-refractivity contribution in [2.75, 3.05) is 0 Å². The summed E-state index contributed by atoms with van der Waals surface area (Å²) in [5.41, 5.74) is 1.12. The average molecular weight is 349 g/mol. The molecular weight excluding hydrogens is 338 g/mol. The lowest BCUT2D eigenvalue weighted by Crippen LogP contribution is -2.06. The molecule has 9 heteroatoms. The molecule has 1 atom stereocenters. The van der Waals surface area contributed by atoms with Gasteiger partial charge in [0.25, 0.3) is 12.4 Å². The van der Waals surface area contributed by atoms with Crippen molar-refractivity contribution in [1.29, 1.82) is 0 Å². The van der Waals surface area contributed by atoms with Crippen molar-refractivity contribution < 1.29 is 17.5 Å². The molecule has 0 aliphatic carbocycles. The first-order valence-corrected chi connectivity index (χ1v) is 8.09. The summed E-state index contributed by atoms with van der Waals surface area (Å²) in [6.07, 6.45) is -0.0661. The Hall–Kier alpha value is -2.52. The molecule has 6 nitrogen and oxygen atoms in total. The van der Waals surface area contributed by atoms with Gasteiger partial charge in [-0.1, -0.05) is 41.4 Å². The molecule has 0 saturated carbocycles. The van der Waals surface area contributed by atoms with Gasteiger partial charge in [-0.25, -0.2) is 18.7 Å². The molecule has 0 fully saturated rings. The molecule has 0 amide bonds. The summed E-state index contributed by atoms with van der Waals surface area (Å²) in [5, 5.41) is 3.87. The normalized spacial score (nSPS) is 12.5. The van der Waals surface area contributed by atoms with E-state index in [1.54, 1.807) is 24.3 Å². The van der Waals surface area contributed by atoms with E-state index in [1.165, 1.54) is 23.1 Å². The van der Waals surface area contributed by atoms with Gasteiger partial charge in [0.05, 0.1) is 5.69 Å². The first-order chi connectivity index (χ1) is 11.5. The molecule has 0 aliphatic heterocycles. The van der Waals surface area contributed by atoms with Gasteiger partial charge < -0.3 is 4.55 Å². The third-order valence-electron chi connectivity index (χ3n) is 3.19. The van der Waals surface area contributed by atoms with E-state index >= 15 is 0 Å². The van der Waals surface area contributed by atoms with E-state index in [4.69, 9.17) is 0 Å². The molecule has 3 rings (SSSR count). The van der Waals surface area contributed by atoms with Crippen LogP contribution in [-0.4, -0.2) is 28.5 Å². The highest BCUT2D eigenvalue weighted by atomic mass is 32.2. The molecule has 24 heavy (non-hydrogen) atoms. The average Bonchev–Trinajstić information content (AvgIpc) is 3.01. The number of alkyl halides is 2. The maximum Gasteiger partial charge on any atom is 0.282 e. The molecule has 0 N–H and O–H groups in total. The number of hydrogen-bond acceptors (Lipinski definition) is 5. The second kappa shape index (κ2) is 6.93. The monoisotopic (exact) mass is 349 g/mol. The molecule has 0 bridgehead atoms. The summed E-state index contributed by atoms with van der Waals surface area (Å²) in [6, 6.07) is 10.2. The van der Waals surface area contributed by atoms with Crippen LogP contribution in [0.25, 0.3) is 17.2 Å². The maximum atomic E-state index is 13.0. The van der Waals surface area contributed by atoms with Crippen LogP contribution in [0.3, 0.4) is 0 Å². The fourth-order valence-electron chi connectivity index (χ4n) is 2.14. The Balaban J connectivity index is 2.04. The Morgan fingerprint density at radius 1 is 1.17 bits per heavy atom. The number of benzene rings is 1. The third-order valence-corrected chi connectivity index (χ3v) is 3.76. The van der Waals surface area contributed by atoms with Gasteiger partial charge in [-0.05, 0) is 6.07 Å². The minimum Gasteiger partial charge on any atom is -0.772 e. The van der Waals surface area contributed by atoms with Crippen LogP contribution in [0.5, 0.6) is 0 Å². The molecule has 0 spiro atoms. The summed E-state index contributed by atoms with van der Waals surface area (Å²) >= 11 is -2.26. The first-order valence-electron chi connectivity index (χ1n) is 6.85. The zero-order chi connectivity index (χ0) is 17.1. The molecule has 0 radical (unpaired) electrons. The maximum absolute atomic E-state index is 13.0. The van der Waals surface area contributed by atoms with Gasteiger partial charge in [-0.15, -0.1) is 0 Å². The summed E-state index contributed by atoms with van der Waals surface area (Å²) in [7, 11) is 0. The van der Waals surface area contributed by atoms with Crippen LogP contribution in [0.15, 0.2) is 48.8 Å². The predicted molar refractivity (Wildman–Crippen MR) is 82.2 cm³/mol. The van der Waals surface area contributed by atoms with Gasteiger partial charge in [-0.3, -0.25) is 4.21 Å². The first kappa shape index (κ1) is 16.3. The highest BCUT2D eigenvalue weighted by molar-refractivity contribution is 7.78. The van der Waals surface area contributed by atoms with E-state index in [0.29, 0.717) is 16.8 Å². The predicted octanol–water partition coefficient (Wildman–Crippen LogP) is 2.65. The highest BCUT2D eigenvalue weighted by Crippen LogP contribution is 2.27. The van der Waals surface area contributed by atoms with E-state index in [9.17, 15) is 17.5 Å². The van der Waals surface area contributed by atoms with Crippen molar-refractivity contribution in [3.63, 3.8) is 0 Å². The van der Waals surface area contributed by atoms with E-state index in [1.807, 2.05) is 6.07 Å². The van der Waals surface area contributed by atoms with Crippen molar-refractivity contribution in [3.8, 4) is 17.2 Å². The van der Waals surface area contributed by atoms with Crippen LogP contribution >= 0.6 is 0 Å². The third kappa shape index (κ3) is 3.52. The largest absolute Gasteiger partial charge is 0.772 e. The molecule has 2 aromatic heterocycles. The van der Waals surface area contributed by atoms with E-state index in [-0.39, 0.29) is 17.4 Å². The SMILES string of the molecule is O=S([O-])Cc1cnc(-n2nc(C(F)F)cc2-c2ccccc2)nc1. The Morgan fingerprint density at radius 2 is 1.83 bits per heavy atom. The summed E-state index contributed by atoms with van der Waals surface area (Å²) in [5.74, 6) is -0.131. The van der Waals surface area contributed by atoms with Crippen LogP contribution < -0.4 is 0 Å². The Bertz CT molecular complexity index is 854. The fraction of sp³-hybridized carbons (Fsp3) is 0.133. The second-order valence-corrected chi connectivity index (χ2v) is 5.77. The molecule has 1 aromatic carbocycles. The van der Waals surface area contributed by atoms with Crippen molar-refractivity contribution in [2.45, 2.75) is 12.2 Å². The van der Waals surface area contributed by atoms with Crippen molar-refractivity contribution in [2.24, 2.45) is 0 Å². The Morgan fingerprint density at radius 3 is 2.42 bits per heavy atom. The van der Waals surface area contributed by atoms with Gasteiger partial charge in [0.2, 0.25) is 0 Å². The lowest BCUT2D eigenvalue weighted by atomic mass is 10.1. The lowest BCUT2D eigenvalue weighted by Gasteiger charge is -2.07. The van der Waals surface area contributed by atoms with Crippen molar-refractivity contribution in [3.05, 3.63) is 60.0 Å². The lowest BCUT2D eigenvalue weighted by molar-refractivity contribution is 0.145. The van der Waals surface area contributed by atoms with Crippen LogP contribution in [0.2, 0.25) is 0 Å². The Labute approximate surface area is 138 Å². The second-order valence-electron chi connectivity index (χ2n) is 4.87. The van der Waals surface area contributed by atoms with Crippen molar-refractivity contribution >= 4 is 11.1 Å². The molecule has 2 heterocycles. The minimum atomic E-state index is -2.73. The smallest absolute Gasteiger partial charge is 0.282 e. The van der Waals surface area contributed by atoms with Gasteiger partial charge in [0.1, 0.15) is 5.69 Å². The zero-order valence-electron chi connectivity index (χ0n) is 12.2. The van der Waals surface area contributed by atoms with Gasteiger partial charge in [0, 0.05) is 29.3 Å². The Kier molecular flexibility index (Phi) is 4.72. The number of rotatable bonds is 5. The summed E-state index contributed by atoms with van der Waals surface area (Å²) in [4.78, 5) is 8.06. The number of halogens is 2. The molecule has 0 aliphatic rings. The quantitative estimate of drug-likeness (QED) is 0.661. The zero-order valence-corrected chi connectivity index (χ0v) is 13.0.